The van der Waals surface area contributed by atoms with Crippen molar-refractivity contribution in [1.82, 2.24) is 10.6 Å². The van der Waals surface area contributed by atoms with Crippen LogP contribution in [0.2, 0.25) is 0 Å². The molecule has 38 heavy (non-hydrogen) atoms. The van der Waals surface area contributed by atoms with Gasteiger partial charge in [-0.25, -0.2) is 0 Å². The maximum absolute atomic E-state index is 13.7. The number of ether oxygens (including phenoxy) is 1. The van der Waals surface area contributed by atoms with Crippen molar-refractivity contribution in [3.63, 3.8) is 0 Å². The fraction of sp³-hybridized carbons (Fsp3) is 0.920. The van der Waals surface area contributed by atoms with Gasteiger partial charge in [-0.2, -0.15) is 0 Å². The standard InChI is InChI=1S/C25H39N5O8/c26-30-28-5-6-38-16-8-25(22(35)17-19(32)14(10-31)20(33)21(17)34)15(16)7-13(23(36)29-12-3-4-12)18(25)24(37)27-9-11-1-2-11/h11-22,31-35H,1-10H2,(H,27,37)(H,29,36). The van der Waals surface area contributed by atoms with Gasteiger partial charge < -0.3 is 40.9 Å². The van der Waals surface area contributed by atoms with Crippen molar-refractivity contribution in [2.45, 2.75) is 75.1 Å². The summed E-state index contributed by atoms with van der Waals surface area (Å²) < 4.78 is 5.95. The highest BCUT2D eigenvalue weighted by molar-refractivity contribution is 5.90. The van der Waals surface area contributed by atoms with Crippen LogP contribution in [-0.2, 0) is 14.3 Å². The monoisotopic (exact) mass is 537 g/mol. The van der Waals surface area contributed by atoms with E-state index in [1.165, 1.54) is 0 Å². The summed E-state index contributed by atoms with van der Waals surface area (Å²) in [4.78, 5) is 29.9. The van der Waals surface area contributed by atoms with Crippen molar-refractivity contribution < 1.29 is 39.9 Å². The molecule has 13 heteroatoms. The summed E-state index contributed by atoms with van der Waals surface area (Å²) in [6.45, 7) is 0.141. The van der Waals surface area contributed by atoms with Gasteiger partial charge >= 0.3 is 0 Å². The van der Waals surface area contributed by atoms with Crippen molar-refractivity contribution in [2.24, 2.45) is 46.0 Å². The van der Waals surface area contributed by atoms with Gasteiger partial charge in [0.1, 0.15) is 0 Å². The van der Waals surface area contributed by atoms with Crippen LogP contribution >= 0.6 is 0 Å². The first-order valence-electron chi connectivity index (χ1n) is 13.8. The fourth-order valence-corrected chi connectivity index (χ4v) is 7.35. The molecule has 0 heterocycles. The highest BCUT2D eigenvalue weighted by atomic mass is 16.5. The van der Waals surface area contributed by atoms with Crippen LogP contribution in [0.3, 0.4) is 0 Å². The molecule has 212 valence electrons. The quantitative estimate of drug-likeness (QED) is 0.0693. The Morgan fingerprint density at radius 2 is 1.84 bits per heavy atom. The molecule has 0 bridgehead atoms. The molecule has 0 aliphatic heterocycles. The zero-order valence-corrected chi connectivity index (χ0v) is 21.3. The average Bonchev–Trinajstić information content (AvgIpc) is 3.81. The zero-order valence-electron chi connectivity index (χ0n) is 21.3. The molecule has 5 fully saturated rings. The van der Waals surface area contributed by atoms with Crippen LogP contribution in [0.25, 0.3) is 10.4 Å². The van der Waals surface area contributed by atoms with Crippen molar-refractivity contribution in [2.75, 3.05) is 26.3 Å². The molecule has 5 saturated carbocycles. The van der Waals surface area contributed by atoms with Gasteiger partial charge in [0.2, 0.25) is 11.8 Å². The summed E-state index contributed by atoms with van der Waals surface area (Å²) >= 11 is 0. The number of amides is 2. The zero-order chi connectivity index (χ0) is 27.2. The molecule has 0 aromatic heterocycles. The minimum Gasteiger partial charge on any atom is -0.396 e. The first kappa shape index (κ1) is 27.6. The molecular weight excluding hydrogens is 498 g/mol. The van der Waals surface area contributed by atoms with Gasteiger partial charge in [0.25, 0.3) is 0 Å². The van der Waals surface area contributed by atoms with E-state index in [-0.39, 0.29) is 43.8 Å². The molecule has 0 aromatic rings. The molecule has 5 aliphatic carbocycles. The highest BCUT2D eigenvalue weighted by Gasteiger charge is 2.73. The van der Waals surface area contributed by atoms with Gasteiger partial charge in [-0.05, 0) is 55.9 Å². The van der Waals surface area contributed by atoms with Gasteiger partial charge in [-0.15, -0.1) is 0 Å². The lowest BCUT2D eigenvalue weighted by molar-refractivity contribution is -0.218. The Bertz CT molecular complexity index is 956. The SMILES string of the molecule is [N-]=[N+]=NCCOC1CC2(C(O)C3C(O)C(O)C(CO)C3O)C1CC(C(=O)NC1CC1)C2C(=O)NCC1CC1. The molecule has 0 spiro atoms. The van der Waals surface area contributed by atoms with Gasteiger partial charge in [0, 0.05) is 41.3 Å². The summed E-state index contributed by atoms with van der Waals surface area (Å²) in [7, 11) is 0. The topological polar surface area (TPSA) is 217 Å². The summed E-state index contributed by atoms with van der Waals surface area (Å²) in [6.07, 6.45) is -1.99. The molecular formula is C25H39N5O8. The molecule has 0 saturated heterocycles. The van der Waals surface area contributed by atoms with E-state index in [0.717, 1.165) is 25.7 Å². The van der Waals surface area contributed by atoms with Crippen LogP contribution in [0, 0.1) is 40.9 Å². The normalized spacial score (nSPS) is 42.5. The predicted molar refractivity (Wildman–Crippen MR) is 131 cm³/mol. The molecule has 11 atom stereocenters. The Morgan fingerprint density at radius 1 is 1.11 bits per heavy atom. The van der Waals surface area contributed by atoms with E-state index in [0.29, 0.717) is 12.5 Å². The van der Waals surface area contributed by atoms with E-state index in [9.17, 15) is 35.1 Å². The molecule has 7 N–H and O–H groups in total. The smallest absolute Gasteiger partial charge is 0.224 e. The number of hydrogen-bond donors (Lipinski definition) is 7. The number of nitrogens with zero attached hydrogens (tertiary/aromatic N) is 3. The number of nitrogens with one attached hydrogen (secondary N) is 2. The number of aliphatic hydroxyl groups excluding tert-OH is 5. The van der Waals surface area contributed by atoms with Crippen molar-refractivity contribution in [3.8, 4) is 0 Å². The van der Waals surface area contributed by atoms with Crippen LogP contribution in [0.5, 0.6) is 0 Å². The summed E-state index contributed by atoms with van der Waals surface area (Å²) in [5, 5.41) is 63.2. The van der Waals surface area contributed by atoms with Gasteiger partial charge in [0.15, 0.2) is 0 Å². The van der Waals surface area contributed by atoms with E-state index >= 15 is 0 Å². The number of aliphatic hydroxyl groups is 5. The van der Waals surface area contributed by atoms with Crippen LogP contribution < -0.4 is 10.6 Å². The molecule has 11 unspecified atom stereocenters. The average molecular weight is 538 g/mol. The van der Waals surface area contributed by atoms with Crippen LogP contribution in [-0.4, -0.2) is 100 Å². The second kappa shape index (κ2) is 10.9. The lowest BCUT2D eigenvalue weighted by Gasteiger charge is -2.57. The molecule has 13 nitrogen and oxygen atoms in total. The summed E-state index contributed by atoms with van der Waals surface area (Å²) in [6, 6.07) is 0.0756. The number of hydrogen-bond acceptors (Lipinski definition) is 9. The lowest BCUT2D eigenvalue weighted by atomic mass is 9.51. The second-order valence-electron chi connectivity index (χ2n) is 11.9. The number of rotatable bonds is 12. The Labute approximate surface area is 220 Å². The Morgan fingerprint density at radius 3 is 2.45 bits per heavy atom. The highest BCUT2D eigenvalue weighted by Crippen LogP contribution is 2.67. The van der Waals surface area contributed by atoms with Crippen LogP contribution in [0.15, 0.2) is 5.11 Å². The number of carbonyl (C=O) groups excluding carboxylic acids is 2. The lowest BCUT2D eigenvalue weighted by Crippen LogP contribution is -2.65. The molecule has 0 aromatic carbocycles. The Kier molecular flexibility index (Phi) is 7.89. The first-order valence-corrected chi connectivity index (χ1v) is 13.8. The van der Waals surface area contributed by atoms with E-state index in [1.54, 1.807) is 0 Å². The number of fused-ring (bicyclic) bond motifs is 1. The maximum atomic E-state index is 13.7. The molecule has 5 aliphatic rings. The third-order valence-electron chi connectivity index (χ3n) is 9.72. The van der Waals surface area contributed by atoms with E-state index in [1.807, 2.05) is 0 Å². The minimum absolute atomic E-state index is 0.0756. The van der Waals surface area contributed by atoms with Crippen molar-refractivity contribution in [3.05, 3.63) is 10.4 Å². The number of azide groups is 1. The molecule has 5 rings (SSSR count). The van der Waals surface area contributed by atoms with E-state index in [2.05, 4.69) is 20.7 Å². The molecule has 2 amide bonds. The first-order chi connectivity index (χ1) is 18.2. The maximum Gasteiger partial charge on any atom is 0.224 e. The van der Waals surface area contributed by atoms with Crippen molar-refractivity contribution >= 4 is 11.8 Å². The van der Waals surface area contributed by atoms with Gasteiger partial charge in [-0.3, -0.25) is 9.59 Å². The summed E-state index contributed by atoms with van der Waals surface area (Å²) in [5.74, 6) is -4.59. The Hall–Kier alpha value is -1.99. The largest absolute Gasteiger partial charge is 0.396 e. The predicted octanol–water partition coefficient (Wildman–Crippen LogP) is -1.19. The third-order valence-corrected chi connectivity index (χ3v) is 9.72. The van der Waals surface area contributed by atoms with Crippen LogP contribution in [0.1, 0.15) is 38.5 Å². The minimum atomic E-state index is -1.52. The van der Waals surface area contributed by atoms with Gasteiger partial charge in [0.05, 0.1) is 55.6 Å². The fourth-order valence-electron chi connectivity index (χ4n) is 7.35. The number of carbonyl (C=O) groups is 2. The van der Waals surface area contributed by atoms with E-state index < -0.39 is 72.1 Å². The molecule has 0 radical (unpaired) electrons. The third kappa shape index (κ3) is 4.78. The van der Waals surface area contributed by atoms with Crippen molar-refractivity contribution in [1.29, 1.82) is 0 Å². The summed E-state index contributed by atoms with van der Waals surface area (Å²) in [5.41, 5.74) is 7.36. The Balaban J connectivity index is 1.46. The van der Waals surface area contributed by atoms with Gasteiger partial charge in [-0.1, -0.05) is 5.11 Å². The van der Waals surface area contributed by atoms with E-state index in [4.69, 9.17) is 10.3 Å². The van der Waals surface area contributed by atoms with Crippen LogP contribution in [0.4, 0.5) is 0 Å². The second-order valence-corrected chi connectivity index (χ2v) is 11.9.